The molecule has 6 nitrogen and oxygen atoms in total. The lowest BCUT2D eigenvalue weighted by atomic mass is 9.82. The molecule has 1 heterocycles. The number of rotatable bonds is 4. The minimum absolute atomic E-state index is 0.0181. The number of allylic oxidation sites excluding steroid dienone is 2. The molecule has 0 spiro atoms. The van der Waals surface area contributed by atoms with Gasteiger partial charge in [-0.2, -0.15) is 0 Å². The van der Waals surface area contributed by atoms with Crippen LogP contribution in [0.25, 0.3) is 11.3 Å². The molecular weight excluding hydrogens is 308 g/mol. The summed E-state index contributed by atoms with van der Waals surface area (Å²) in [5.74, 6) is -1.63. The first-order chi connectivity index (χ1) is 11.6. The second-order valence-corrected chi connectivity index (χ2v) is 6.27. The molecular formula is C18H16N2O4. The van der Waals surface area contributed by atoms with Crippen LogP contribution in [0.15, 0.2) is 53.4 Å². The molecule has 122 valence electrons. The van der Waals surface area contributed by atoms with Gasteiger partial charge in [0.05, 0.1) is 18.0 Å². The third-order valence-corrected chi connectivity index (χ3v) is 4.92. The van der Waals surface area contributed by atoms with Gasteiger partial charge in [0.1, 0.15) is 0 Å². The van der Waals surface area contributed by atoms with Crippen LogP contribution in [-0.4, -0.2) is 22.0 Å². The summed E-state index contributed by atoms with van der Waals surface area (Å²) < 4.78 is 5.22. The van der Waals surface area contributed by atoms with Crippen molar-refractivity contribution >= 4 is 17.6 Å². The number of hydrogen-bond acceptors (Lipinski definition) is 4. The standard InChI is InChI=1S/C18H16N2O4/c21-17(15-11-1-2-12(7-11)16(15)18(22)23)20-13-5-3-10(4-6-13)14-8-19-9-24-14/h1-6,8-9,11-12,15-16H,7H2,(H,20,21)(H,22,23)/t11-,12+,15-,16+/m0/s1. The average molecular weight is 324 g/mol. The van der Waals surface area contributed by atoms with Crippen LogP contribution in [-0.2, 0) is 9.59 Å². The fraction of sp³-hybridized carbons (Fsp3) is 0.278. The number of aromatic nitrogens is 1. The second kappa shape index (κ2) is 5.63. The molecule has 1 saturated carbocycles. The Balaban J connectivity index is 1.50. The zero-order chi connectivity index (χ0) is 16.7. The Morgan fingerprint density at radius 1 is 1.12 bits per heavy atom. The van der Waals surface area contributed by atoms with Crippen LogP contribution in [0.1, 0.15) is 6.42 Å². The molecule has 2 N–H and O–H groups in total. The summed E-state index contributed by atoms with van der Waals surface area (Å²) in [5.41, 5.74) is 1.50. The van der Waals surface area contributed by atoms with Gasteiger partial charge in [0, 0.05) is 11.3 Å². The Morgan fingerprint density at radius 2 is 1.83 bits per heavy atom. The highest BCUT2D eigenvalue weighted by Crippen LogP contribution is 2.48. The zero-order valence-corrected chi connectivity index (χ0v) is 12.8. The van der Waals surface area contributed by atoms with Gasteiger partial charge in [0.25, 0.3) is 0 Å². The van der Waals surface area contributed by atoms with Crippen molar-refractivity contribution in [3.8, 4) is 11.3 Å². The maximum atomic E-state index is 12.6. The van der Waals surface area contributed by atoms with Gasteiger partial charge in [-0.3, -0.25) is 9.59 Å². The number of nitrogens with zero attached hydrogens (tertiary/aromatic N) is 1. The average Bonchev–Trinajstić information content (AvgIpc) is 3.31. The van der Waals surface area contributed by atoms with E-state index in [-0.39, 0.29) is 17.7 Å². The van der Waals surface area contributed by atoms with Crippen LogP contribution >= 0.6 is 0 Å². The van der Waals surface area contributed by atoms with E-state index in [0.717, 1.165) is 12.0 Å². The first kappa shape index (κ1) is 14.7. The van der Waals surface area contributed by atoms with Crippen molar-refractivity contribution < 1.29 is 19.1 Å². The third-order valence-electron chi connectivity index (χ3n) is 4.92. The minimum atomic E-state index is -0.896. The summed E-state index contributed by atoms with van der Waals surface area (Å²) in [7, 11) is 0. The lowest BCUT2D eigenvalue weighted by Crippen LogP contribution is -2.36. The molecule has 1 fully saturated rings. The van der Waals surface area contributed by atoms with Crippen LogP contribution in [0.4, 0.5) is 5.69 Å². The number of carboxylic acid groups (broad SMARTS) is 1. The fourth-order valence-corrected chi connectivity index (χ4v) is 3.82. The maximum Gasteiger partial charge on any atom is 0.307 e. The van der Waals surface area contributed by atoms with E-state index in [2.05, 4.69) is 10.3 Å². The number of carbonyl (C=O) groups excluding carboxylic acids is 1. The van der Waals surface area contributed by atoms with Crippen LogP contribution in [0.2, 0.25) is 0 Å². The van der Waals surface area contributed by atoms with Crippen LogP contribution < -0.4 is 5.32 Å². The van der Waals surface area contributed by atoms with Crippen LogP contribution in [0.5, 0.6) is 0 Å². The lowest BCUT2D eigenvalue weighted by molar-refractivity contribution is -0.146. The number of benzene rings is 1. The van der Waals surface area contributed by atoms with Crippen LogP contribution in [0, 0.1) is 23.7 Å². The molecule has 0 saturated heterocycles. The van der Waals surface area contributed by atoms with Gasteiger partial charge in [0.2, 0.25) is 5.91 Å². The minimum Gasteiger partial charge on any atom is -0.481 e. The summed E-state index contributed by atoms with van der Waals surface area (Å²) in [5, 5.41) is 12.3. The van der Waals surface area contributed by atoms with Gasteiger partial charge >= 0.3 is 5.97 Å². The number of carboxylic acids is 1. The Bertz CT molecular complexity index is 795. The van der Waals surface area contributed by atoms with E-state index in [0.29, 0.717) is 11.4 Å². The van der Waals surface area contributed by atoms with Gasteiger partial charge in [-0.05, 0) is 42.5 Å². The molecule has 0 unspecified atom stereocenters. The van der Waals surface area contributed by atoms with Crippen molar-refractivity contribution in [3.05, 3.63) is 49.0 Å². The molecule has 1 amide bonds. The SMILES string of the molecule is O=C(Nc1ccc(-c2cnco2)cc1)[C@@H]1[C@H](C(=O)O)[C@@H]2C=C[C@H]1C2. The number of oxazole rings is 1. The van der Waals surface area contributed by atoms with Gasteiger partial charge < -0.3 is 14.8 Å². The normalized spacial score (nSPS) is 27.3. The third kappa shape index (κ3) is 2.40. The predicted octanol–water partition coefficient (Wildman–Crippen LogP) is 2.80. The molecule has 24 heavy (non-hydrogen) atoms. The number of aliphatic carboxylic acids is 1. The van der Waals surface area contributed by atoms with Crippen molar-refractivity contribution in [2.75, 3.05) is 5.32 Å². The highest BCUT2D eigenvalue weighted by molar-refractivity contribution is 5.96. The molecule has 2 aliphatic rings. The summed E-state index contributed by atoms with van der Waals surface area (Å²) in [6, 6.07) is 7.19. The van der Waals surface area contributed by atoms with Crippen molar-refractivity contribution in [2.24, 2.45) is 23.7 Å². The van der Waals surface area contributed by atoms with Gasteiger partial charge in [-0.15, -0.1) is 0 Å². The number of nitrogens with one attached hydrogen (secondary N) is 1. The highest BCUT2D eigenvalue weighted by Gasteiger charge is 2.51. The monoisotopic (exact) mass is 324 g/mol. The fourth-order valence-electron chi connectivity index (χ4n) is 3.82. The van der Waals surface area contributed by atoms with Crippen molar-refractivity contribution in [1.29, 1.82) is 0 Å². The number of hydrogen-bond donors (Lipinski definition) is 2. The van der Waals surface area contributed by atoms with Gasteiger partial charge in [-0.25, -0.2) is 4.98 Å². The first-order valence-electron chi connectivity index (χ1n) is 7.84. The molecule has 1 aromatic heterocycles. The molecule has 1 aromatic carbocycles. The summed E-state index contributed by atoms with van der Waals surface area (Å²) in [4.78, 5) is 28.0. The van der Waals surface area contributed by atoms with E-state index in [9.17, 15) is 14.7 Å². The van der Waals surface area contributed by atoms with Crippen molar-refractivity contribution in [2.45, 2.75) is 6.42 Å². The van der Waals surface area contributed by atoms with Crippen molar-refractivity contribution in [1.82, 2.24) is 4.98 Å². The first-order valence-corrected chi connectivity index (χ1v) is 7.84. The Kier molecular flexibility index (Phi) is 3.45. The highest BCUT2D eigenvalue weighted by atomic mass is 16.4. The van der Waals surface area contributed by atoms with Gasteiger partial charge in [0.15, 0.2) is 12.2 Å². The summed E-state index contributed by atoms with van der Waals surface area (Å²) in [6.45, 7) is 0. The molecule has 4 atom stereocenters. The number of amides is 1. The number of carbonyl (C=O) groups is 2. The molecule has 0 aliphatic heterocycles. The summed E-state index contributed by atoms with van der Waals surface area (Å²) >= 11 is 0. The number of fused-ring (bicyclic) bond motifs is 2. The molecule has 4 rings (SSSR count). The zero-order valence-electron chi connectivity index (χ0n) is 12.8. The van der Waals surface area contributed by atoms with E-state index >= 15 is 0 Å². The Labute approximate surface area is 138 Å². The summed E-state index contributed by atoms with van der Waals surface area (Å²) in [6.07, 6.45) is 7.63. The predicted molar refractivity (Wildman–Crippen MR) is 85.9 cm³/mol. The quantitative estimate of drug-likeness (QED) is 0.844. The Hall–Kier alpha value is -2.89. The van der Waals surface area contributed by atoms with Gasteiger partial charge in [-0.1, -0.05) is 12.2 Å². The molecule has 2 bridgehead atoms. The van der Waals surface area contributed by atoms with Crippen LogP contribution in [0.3, 0.4) is 0 Å². The maximum absolute atomic E-state index is 12.6. The largest absolute Gasteiger partial charge is 0.481 e. The topological polar surface area (TPSA) is 92.4 Å². The van der Waals surface area contributed by atoms with E-state index in [4.69, 9.17) is 4.42 Å². The molecule has 2 aliphatic carbocycles. The molecule has 0 radical (unpaired) electrons. The Morgan fingerprint density at radius 3 is 2.46 bits per heavy atom. The smallest absolute Gasteiger partial charge is 0.307 e. The molecule has 2 aromatic rings. The lowest BCUT2D eigenvalue weighted by Gasteiger charge is -2.23. The van der Waals surface area contributed by atoms with E-state index in [1.165, 1.54) is 6.39 Å². The number of anilines is 1. The van der Waals surface area contributed by atoms with E-state index in [1.54, 1.807) is 18.3 Å². The molecule has 6 heteroatoms. The van der Waals surface area contributed by atoms with E-state index < -0.39 is 17.8 Å². The van der Waals surface area contributed by atoms with E-state index in [1.807, 2.05) is 24.3 Å². The van der Waals surface area contributed by atoms with Crippen molar-refractivity contribution in [3.63, 3.8) is 0 Å². The second-order valence-electron chi connectivity index (χ2n) is 6.27.